The van der Waals surface area contributed by atoms with E-state index in [1.807, 2.05) is 0 Å². The second-order valence-corrected chi connectivity index (χ2v) is 6.25. The Hall–Kier alpha value is -0.860. The van der Waals surface area contributed by atoms with E-state index in [0.29, 0.717) is 18.1 Å². The molecule has 0 bridgehead atoms. The first-order valence-electron chi connectivity index (χ1n) is 7.92. The van der Waals surface area contributed by atoms with Gasteiger partial charge in [0.2, 0.25) is 0 Å². The standard InChI is InChI=1S/C18H29NO/c1-6-18-15(7-8-20-18)17(19-5)11-16-13(3)9-12(2)10-14(16)4/h9-10,15,17-19H,6-8,11H2,1-5H3. The van der Waals surface area contributed by atoms with Crippen LogP contribution in [0, 0.1) is 26.7 Å². The van der Waals surface area contributed by atoms with Crippen molar-refractivity contribution < 1.29 is 4.74 Å². The summed E-state index contributed by atoms with van der Waals surface area (Å²) in [6, 6.07) is 5.12. The second kappa shape index (κ2) is 6.73. The minimum atomic E-state index is 0.429. The third-order valence-electron chi connectivity index (χ3n) is 4.82. The SMILES string of the molecule is CCC1OCCC1C(Cc1c(C)cc(C)cc1C)NC. The minimum Gasteiger partial charge on any atom is -0.378 e. The molecule has 0 spiro atoms. The van der Waals surface area contributed by atoms with E-state index < -0.39 is 0 Å². The second-order valence-electron chi connectivity index (χ2n) is 6.25. The van der Waals surface area contributed by atoms with Gasteiger partial charge in [-0.2, -0.15) is 0 Å². The Morgan fingerprint density at radius 1 is 1.25 bits per heavy atom. The van der Waals surface area contributed by atoms with Gasteiger partial charge in [-0.15, -0.1) is 0 Å². The van der Waals surface area contributed by atoms with E-state index in [1.54, 1.807) is 0 Å². The van der Waals surface area contributed by atoms with E-state index in [4.69, 9.17) is 4.74 Å². The summed E-state index contributed by atoms with van der Waals surface area (Å²) in [4.78, 5) is 0. The molecule has 112 valence electrons. The first-order valence-corrected chi connectivity index (χ1v) is 7.92. The molecular weight excluding hydrogens is 246 g/mol. The van der Waals surface area contributed by atoms with Gasteiger partial charge in [-0.05, 0) is 63.8 Å². The molecule has 1 heterocycles. The summed E-state index contributed by atoms with van der Waals surface area (Å²) < 4.78 is 5.87. The van der Waals surface area contributed by atoms with Crippen LogP contribution in [0.5, 0.6) is 0 Å². The van der Waals surface area contributed by atoms with Crippen molar-refractivity contribution in [2.45, 2.75) is 59.1 Å². The summed E-state index contributed by atoms with van der Waals surface area (Å²) in [5, 5.41) is 3.55. The fourth-order valence-corrected chi connectivity index (χ4v) is 3.77. The Labute approximate surface area is 123 Å². The van der Waals surface area contributed by atoms with Gasteiger partial charge in [0, 0.05) is 18.6 Å². The third kappa shape index (κ3) is 3.24. The van der Waals surface area contributed by atoms with E-state index in [-0.39, 0.29) is 0 Å². The maximum absolute atomic E-state index is 5.87. The maximum Gasteiger partial charge on any atom is 0.0616 e. The molecule has 1 saturated heterocycles. The van der Waals surface area contributed by atoms with Crippen molar-refractivity contribution in [3.05, 3.63) is 34.4 Å². The molecule has 1 aromatic carbocycles. The molecule has 3 unspecified atom stereocenters. The first kappa shape index (κ1) is 15.5. The molecule has 20 heavy (non-hydrogen) atoms. The first-order chi connectivity index (χ1) is 9.56. The monoisotopic (exact) mass is 275 g/mol. The van der Waals surface area contributed by atoms with Crippen molar-refractivity contribution in [2.24, 2.45) is 5.92 Å². The van der Waals surface area contributed by atoms with Crippen LogP contribution in [0.2, 0.25) is 0 Å². The molecule has 0 aliphatic carbocycles. The van der Waals surface area contributed by atoms with Crippen LogP contribution in [0.25, 0.3) is 0 Å². The fourth-order valence-electron chi connectivity index (χ4n) is 3.77. The average Bonchev–Trinajstić information content (AvgIpc) is 2.86. The average molecular weight is 275 g/mol. The maximum atomic E-state index is 5.87. The molecule has 1 aromatic rings. The van der Waals surface area contributed by atoms with Crippen LogP contribution in [0.15, 0.2) is 12.1 Å². The van der Waals surface area contributed by atoms with Gasteiger partial charge < -0.3 is 10.1 Å². The number of rotatable bonds is 5. The van der Waals surface area contributed by atoms with E-state index in [0.717, 1.165) is 19.4 Å². The summed E-state index contributed by atoms with van der Waals surface area (Å²) >= 11 is 0. The topological polar surface area (TPSA) is 21.3 Å². The van der Waals surface area contributed by atoms with E-state index >= 15 is 0 Å². The number of benzene rings is 1. The number of hydrogen-bond donors (Lipinski definition) is 1. The summed E-state index contributed by atoms with van der Waals surface area (Å²) in [5.74, 6) is 0.644. The van der Waals surface area contributed by atoms with Gasteiger partial charge in [-0.3, -0.25) is 0 Å². The number of hydrogen-bond acceptors (Lipinski definition) is 2. The molecule has 2 heteroatoms. The van der Waals surface area contributed by atoms with Gasteiger partial charge in [-0.25, -0.2) is 0 Å². The Morgan fingerprint density at radius 2 is 1.90 bits per heavy atom. The molecule has 1 aliphatic heterocycles. The number of likely N-dealkylation sites (N-methyl/N-ethyl adjacent to an activating group) is 1. The zero-order valence-electron chi connectivity index (χ0n) is 13.6. The van der Waals surface area contributed by atoms with Crippen molar-refractivity contribution in [1.82, 2.24) is 5.32 Å². The molecule has 1 aliphatic rings. The van der Waals surface area contributed by atoms with Crippen molar-refractivity contribution in [3.63, 3.8) is 0 Å². The molecular formula is C18H29NO. The number of nitrogens with one attached hydrogen (secondary N) is 1. The Balaban J connectivity index is 2.18. The van der Waals surface area contributed by atoms with Crippen LogP contribution in [-0.2, 0) is 11.2 Å². The molecule has 0 saturated carbocycles. The van der Waals surface area contributed by atoms with Gasteiger partial charge in [0.05, 0.1) is 6.10 Å². The number of aryl methyl sites for hydroxylation is 3. The van der Waals surface area contributed by atoms with E-state index in [2.05, 4.69) is 52.2 Å². The molecule has 2 rings (SSSR count). The molecule has 1 N–H and O–H groups in total. The lowest BCUT2D eigenvalue weighted by molar-refractivity contribution is 0.0783. The molecule has 2 nitrogen and oxygen atoms in total. The fraction of sp³-hybridized carbons (Fsp3) is 0.667. The van der Waals surface area contributed by atoms with Crippen LogP contribution in [-0.4, -0.2) is 25.8 Å². The lowest BCUT2D eigenvalue weighted by Crippen LogP contribution is -2.39. The Morgan fingerprint density at radius 3 is 2.45 bits per heavy atom. The zero-order valence-corrected chi connectivity index (χ0v) is 13.6. The Bertz CT molecular complexity index is 432. The molecule has 1 fully saturated rings. The lowest BCUT2D eigenvalue weighted by Gasteiger charge is -2.28. The van der Waals surface area contributed by atoms with E-state index in [1.165, 1.54) is 28.7 Å². The summed E-state index contributed by atoms with van der Waals surface area (Å²) in [6.07, 6.45) is 3.85. The minimum absolute atomic E-state index is 0.429. The van der Waals surface area contributed by atoms with Crippen LogP contribution >= 0.6 is 0 Å². The van der Waals surface area contributed by atoms with Gasteiger partial charge >= 0.3 is 0 Å². The van der Waals surface area contributed by atoms with Gasteiger partial charge in [-0.1, -0.05) is 24.6 Å². The summed E-state index contributed by atoms with van der Waals surface area (Å²) in [6.45, 7) is 9.82. The summed E-state index contributed by atoms with van der Waals surface area (Å²) in [5.41, 5.74) is 5.72. The predicted octanol–water partition coefficient (Wildman–Crippen LogP) is 3.56. The largest absolute Gasteiger partial charge is 0.378 e. The van der Waals surface area contributed by atoms with Crippen LogP contribution < -0.4 is 5.32 Å². The number of ether oxygens (including phenoxy) is 1. The molecule has 0 radical (unpaired) electrons. The van der Waals surface area contributed by atoms with Crippen LogP contribution in [0.1, 0.15) is 42.0 Å². The normalized spacial score (nSPS) is 24.1. The van der Waals surface area contributed by atoms with Crippen molar-refractivity contribution in [3.8, 4) is 0 Å². The van der Waals surface area contributed by atoms with Crippen molar-refractivity contribution in [1.29, 1.82) is 0 Å². The molecule has 0 aromatic heterocycles. The highest BCUT2D eigenvalue weighted by molar-refractivity contribution is 5.38. The zero-order chi connectivity index (χ0) is 14.7. The Kier molecular flexibility index (Phi) is 5.22. The van der Waals surface area contributed by atoms with Crippen molar-refractivity contribution in [2.75, 3.05) is 13.7 Å². The van der Waals surface area contributed by atoms with E-state index in [9.17, 15) is 0 Å². The van der Waals surface area contributed by atoms with Gasteiger partial charge in [0.15, 0.2) is 0 Å². The lowest BCUT2D eigenvalue weighted by atomic mass is 9.85. The predicted molar refractivity (Wildman–Crippen MR) is 85.3 cm³/mol. The summed E-state index contributed by atoms with van der Waals surface area (Å²) in [7, 11) is 2.09. The molecule has 3 atom stereocenters. The van der Waals surface area contributed by atoms with Gasteiger partial charge in [0.25, 0.3) is 0 Å². The van der Waals surface area contributed by atoms with Gasteiger partial charge in [0.1, 0.15) is 0 Å². The highest BCUT2D eigenvalue weighted by Gasteiger charge is 2.33. The van der Waals surface area contributed by atoms with Crippen LogP contribution in [0.3, 0.4) is 0 Å². The smallest absolute Gasteiger partial charge is 0.0616 e. The molecule has 0 amide bonds. The highest BCUT2D eigenvalue weighted by Crippen LogP contribution is 2.29. The highest BCUT2D eigenvalue weighted by atomic mass is 16.5. The van der Waals surface area contributed by atoms with Crippen LogP contribution in [0.4, 0.5) is 0 Å². The third-order valence-corrected chi connectivity index (χ3v) is 4.82. The quantitative estimate of drug-likeness (QED) is 0.887. The van der Waals surface area contributed by atoms with Crippen molar-refractivity contribution >= 4 is 0 Å².